The standard InChI is InChI=1S/C7H9.C7H8/c2*1-7-5-3-2-4-6-7/h2-3,5-6H,4H2,1H3;2-6H,1H3. The van der Waals surface area contributed by atoms with E-state index in [2.05, 4.69) is 50.6 Å². The summed E-state index contributed by atoms with van der Waals surface area (Å²) in [4.78, 5) is 0. The number of hydrogen-bond acceptors (Lipinski definition) is 0. The fourth-order valence-corrected chi connectivity index (χ4v) is 1.15. The van der Waals surface area contributed by atoms with Crippen LogP contribution in [0.2, 0.25) is 0 Å². The van der Waals surface area contributed by atoms with Gasteiger partial charge in [0.1, 0.15) is 0 Å². The molecule has 0 heterocycles. The molecule has 0 saturated heterocycles. The first-order valence-corrected chi connectivity index (χ1v) is 4.97. The molecule has 14 heavy (non-hydrogen) atoms. The zero-order valence-corrected chi connectivity index (χ0v) is 8.90. The van der Waals surface area contributed by atoms with Gasteiger partial charge in [0.05, 0.1) is 0 Å². The Bertz CT molecular complexity index is 304. The second-order valence-electron chi connectivity index (χ2n) is 3.43. The summed E-state index contributed by atoms with van der Waals surface area (Å²) in [5, 5.41) is 0. The highest BCUT2D eigenvalue weighted by Gasteiger charge is 1.89. The molecule has 0 fully saturated rings. The van der Waals surface area contributed by atoms with Crippen LogP contribution in [0, 0.1) is 13.3 Å². The first-order chi connectivity index (χ1) is 6.79. The van der Waals surface area contributed by atoms with E-state index >= 15 is 0 Å². The van der Waals surface area contributed by atoms with Gasteiger partial charge in [-0.15, -0.1) is 0 Å². The van der Waals surface area contributed by atoms with Crippen molar-refractivity contribution in [1.29, 1.82) is 0 Å². The lowest BCUT2D eigenvalue weighted by Crippen LogP contribution is -1.79. The molecule has 0 saturated carbocycles. The third kappa shape index (κ3) is 4.66. The van der Waals surface area contributed by atoms with Gasteiger partial charge in [0.25, 0.3) is 0 Å². The molecule has 0 spiro atoms. The van der Waals surface area contributed by atoms with Gasteiger partial charge in [0.15, 0.2) is 0 Å². The van der Waals surface area contributed by atoms with Crippen LogP contribution in [-0.4, -0.2) is 0 Å². The van der Waals surface area contributed by atoms with Crippen LogP contribution in [0.15, 0.2) is 54.1 Å². The molecule has 0 aliphatic heterocycles. The molecular formula is C14H17. The van der Waals surface area contributed by atoms with Crippen LogP contribution in [0.3, 0.4) is 0 Å². The molecule has 2 rings (SSSR count). The first kappa shape index (κ1) is 10.8. The van der Waals surface area contributed by atoms with Crippen molar-refractivity contribution in [3.63, 3.8) is 0 Å². The molecule has 1 radical (unpaired) electrons. The number of benzene rings is 1. The minimum atomic E-state index is 1.11. The highest BCUT2D eigenvalue weighted by Crippen LogP contribution is 2.07. The summed E-state index contributed by atoms with van der Waals surface area (Å²) in [6.07, 6.45) is 9.67. The van der Waals surface area contributed by atoms with E-state index in [1.807, 2.05) is 18.2 Å². The lowest BCUT2D eigenvalue weighted by Gasteiger charge is -1.98. The van der Waals surface area contributed by atoms with Crippen LogP contribution in [0.4, 0.5) is 0 Å². The fourth-order valence-electron chi connectivity index (χ4n) is 1.15. The Hall–Kier alpha value is -1.30. The smallest absolute Gasteiger partial charge is 0.00996 e. The third-order valence-electron chi connectivity index (χ3n) is 2.01. The van der Waals surface area contributed by atoms with Crippen molar-refractivity contribution >= 4 is 0 Å². The highest BCUT2D eigenvalue weighted by atomic mass is 13.9. The molecule has 0 heteroatoms. The Kier molecular flexibility index (Phi) is 4.77. The molecule has 73 valence electrons. The first-order valence-electron chi connectivity index (χ1n) is 4.97. The summed E-state index contributed by atoms with van der Waals surface area (Å²) in [5.41, 5.74) is 2.70. The van der Waals surface area contributed by atoms with E-state index in [0.29, 0.717) is 0 Å². The molecule has 1 aliphatic rings. The lowest BCUT2D eigenvalue weighted by atomic mass is 10.1. The van der Waals surface area contributed by atoms with Crippen molar-refractivity contribution in [3.8, 4) is 0 Å². The molecule has 0 aromatic heterocycles. The number of rotatable bonds is 0. The predicted molar refractivity (Wildman–Crippen MR) is 63.0 cm³/mol. The van der Waals surface area contributed by atoms with Crippen LogP contribution in [0.25, 0.3) is 0 Å². The quantitative estimate of drug-likeness (QED) is 0.571. The summed E-state index contributed by atoms with van der Waals surface area (Å²) in [5.74, 6) is 0. The Morgan fingerprint density at radius 3 is 2.00 bits per heavy atom. The summed E-state index contributed by atoms with van der Waals surface area (Å²) in [6, 6.07) is 10.3. The molecular weight excluding hydrogens is 168 g/mol. The molecule has 1 aromatic carbocycles. The van der Waals surface area contributed by atoms with Crippen molar-refractivity contribution < 1.29 is 0 Å². The van der Waals surface area contributed by atoms with Crippen molar-refractivity contribution in [1.82, 2.24) is 0 Å². The zero-order chi connectivity index (χ0) is 10.2. The molecule has 0 atom stereocenters. The normalized spacial score (nSPS) is 14.0. The number of allylic oxidation sites excluding steroid dienone is 4. The van der Waals surface area contributed by atoms with Gasteiger partial charge in [-0.1, -0.05) is 59.7 Å². The number of aryl methyl sites for hydroxylation is 1. The van der Waals surface area contributed by atoms with Gasteiger partial charge in [-0.05, 0) is 26.7 Å². The SMILES string of the molecule is CC1=CC=CC[CH]1.Cc1ccccc1. The molecule has 1 aliphatic carbocycles. The number of hydrogen-bond donors (Lipinski definition) is 0. The summed E-state index contributed by atoms with van der Waals surface area (Å²) >= 11 is 0. The van der Waals surface area contributed by atoms with Crippen molar-refractivity contribution in [2.75, 3.05) is 0 Å². The molecule has 0 unspecified atom stereocenters. The fraction of sp³-hybridized carbons (Fsp3) is 0.214. The largest absolute Gasteiger partial charge is 0.0839 e. The maximum atomic E-state index is 2.21. The average Bonchev–Trinajstić information content (AvgIpc) is 2.21. The van der Waals surface area contributed by atoms with E-state index in [4.69, 9.17) is 0 Å². The minimum Gasteiger partial charge on any atom is -0.0839 e. The van der Waals surface area contributed by atoms with Gasteiger partial charge in [0.2, 0.25) is 0 Å². The van der Waals surface area contributed by atoms with Crippen molar-refractivity contribution in [2.45, 2.75) is 20.3 Å². The van der Waals surface area contributed by atoms with Crippen LogP contribution < -0.4 is 0 Å². The average molecular weight is 185 g/mol. The van der Waals surface area contributed by atoms with Crippen LogP contribution in [0.1, 0.15) is 18.9 Å². The van der Waals surface area contributed by atoms with E-state index in [-0.39, 0.29) is 0 Å². The molecule has 0 N–H and O–H groups in total. The van der Waals surface area contributed by atoms with E-state index in [9.17, 15) is 0 Å². The Morgan fingerprint density at radius 2 is 1.71 bits per heavy atom. The summed E-state index contributed by atoms with van der Waals surface area (Å²) in [6.45, 7) is 4.20. The summed E-state index contributed by atoms with van der Waals surface area (Å²) < 4.78 is 0. The van der Waals surface area contributed by atoms with Gasteiger partial charge >= 0.3 is 0 Å². The second kappa shape index (κ2) is 6.20. The highest BCUT2D eigenvalue weighted by molar-refractivity contribution is 5.23. The molecule has 0 nitrogen and oxygen atoms in total. The lowest BCUT2D eigenvalue weighted by molar-refractivity contribution is 1.18. The van der Waals surface area contributed by atoms with E-state index in [0.717, 1.165) is 6.42 Å². The Labute approximate surface area is 87.0 Å². The second-order valence-corrected chi connectivity index (χ2v) is 3.43. The van der Waals surface area contributed by atoms with Gasteiger partial charge < -0.3 is 0 Å². The van der Waals surface area contributed by atoms with Crippen molar-refractivity contribution in [3.05, 3.63) is 66.1 Å². The molecule has 0 bridgehead atoms. The zero-order valence-electron chi connectivity index (χ0n) is 8.90. The Balaban J connectivity index is 0.000000140. The van der Waals surface area contributed by atoms with E-state index in [1.165, 1.54) is 11.1 Å². The predicted octanol–water partition coefficient (Wildman–Crippen LogP) is 4.09. The van der Waals surface area contributed by atoms with Gasteiger partial charge in [0, 0.05) is 0 Å². The van der Waals surface area contributed by atoms with Gasteiger partial charge in [-0.3, -0.25) is 0 Å². The van der Waals surface area contributed by atoms with Crippen molar-refractivity contribution in [2.24, 2.45) is 0 Å². The third-order valence-corrected chi connectivity index (χ3v) is 2.01. The Morgan fingerprint density at radius 1 is 1.00 bits per heavy atom. The molecule has 1 aromatic rings. The van der Waals surface area contributed by atoms with E-state index in [1.54, 1.807) is 0 Å². The van der Waals surface area contributed by atoms with E-state index < -0.39 is 0 Å². The van der Waals surface area contributed by atoms with Crippen LogP contribution >= 0.6 is 0 Å². The van der Waals surface area contributed by atoms with Gasteiger partial charge in [-0.25, -0.2) is 0 Å². The topological polar surface area (TPSA) is 0 Å². The maximum absolute atomic E-state index is 2.21. The summed E-state index contributed by atoms with van der Waals surface area (Å²) in [7, 11) is 0. The van der Waals surface area contributed by atoms with Gasteiger partial charge in [-0.2, -0.15) is 0 Å². The maximum Gasteiger partial charge on any atom is -0.00996 e. The molecule has 0 amide bonds. The van der Waals surface area contributed by atoms with Crippen LogP contribution in [-0.2, 0) is 0 Å². The monoisotopic (exact) mass is 185 g/mol. The van der Waals surface area contributed by atoms with Crippen LogP contribution in [0.5, 0.6) is 0 Å². The minimum absolute atomic E-state index is 1.11.